The Labute approximate surface area is 126 Å². The first-order valence-electron chi connectivity index (χ1n) is 7.18. The molecule has 0 aliphatic carbocycles. The van der Waals surface area contributed by atoms with Crippen molar-refractivity contribution >= 4 is 18.7 Å². The molecule has 1 amide bonds. The van der Waals surface area contributed by atoms with Gasteiger partial charge in [-0.3, -0.25) is 9.69 Å². The fourth-order valence-electron chi connectivity index (χ4n) is 2.42. The number of benzene rings is 1. The third-order valence-electron chi connectivity index (χ3n) is 3.31. The van der Waals surface area contributed by atoms with Crippen LogP contribution in [0.25, 0.3) is 0 Å². The molecule has 0 unspecified atom stereocenters. The molecule has 2 rings (SSSR count). The van der Waals surface area contributed by atoms with Crippen LogP contribution in [0.1, 0.15) is 6.92 Å². The Balaban J connectivity index is 1.88. The Morgan fingerprint density at radius 3 is 2.67 bits per heavy atom. The summed E-state index contributed by atoms with van der Waals surface area (Å²) in [5.41, 5.74) is 0.708. The highest BCUT2D eigenvalue weighted by Gasteiger charge is 2.34. The van der Waals surface area contributed by atoms with Gasteiger partial charge in [0.2, 0.25) is 5.91 Å². The minimum atomic E-state index is -2.05. The molecule has 6 heteroatoms. The SMILES string of the molecule is CCOc1ccccc1NC(=O)C1CN(CP(C)(C)=O)C1. The van der Waals surface area contributed by atoms with Gasteiger partial charge in [0, 0.05) is 13.1 Å². The Hall–Kier alpha value is -1.32. The first-order valence-corrected chi connectivity index (χ1v) is 9.96. The van der Waals surface area contributed by atoms with Gasteiger partial charge in [-0.2, -0.15) is 0 Å². The largest absolute Gasteiger partial charge is 0.492 e. The van der Waals surface area contributed by atoms with Crippen LogP contribution in [0, 0.1) is 5.92 Å². The molecule has 0 spiro atoms. The topological polar surface area (TPSA) is 58.6 Å². The van der Waals surface area contributed by atoms with Crippen LogP contribution in [0.3, 0.4) is 0 Å². The fraction of sp³-hybridized carbons (Fsp3) is 0.533. The van der Waals surface area contributed by atoms with E-state index in [1.54, 1.807) is 13.3 Å². The van der Waals surface area contributed by atoms with Gasteiger partial charge in [0.05, 0.1) is 31.6 Å². The second-order valence-electron chi connectivity index (χ2n) is 5.87. The molecule has 1 aromatic carbocycles. The Kier molecular flexibility index (Phi) is 5.07. The average Bonchev–Trinajstić information content (AvgIpc) is 2.35. The summed E-state index contributed by atoms with van der Waals surface area (Å²) in [5, 5.41) is 2.92. The Morgan fingerprint density at radius 2 is 2.05 bits per heavy atom. The van der Waals surface area contributed by atoms with Gasteiger partial charge in [-0.1, -0.05) is 12.1 Å². The van der Waals surface area contributed by atoms with Gasteiger partial charge >= 0.3 is 0 Å². The number of nitrogens with zero attached hydrogens (tertiary/aromatic N) is 1. The van der Waals surface area contributed by atoms with Gasteiger partial charge in [0.25, 0.3) is 0 Å². The molecular weight excluding hydrogens is 287 g/mol. The van der Waals surface area contributed by atoms with E-state index in [0.29, 0.717) is 37.4 Å². The minimum absolute atomic E-state index is 0.000409. The van der Waals surface area contributed by atoms with Gasteiger partial charge in [0.1, 0.15) is 5.75 Å². The van der Waals surface area contributed by atoms with Gasteiger partial charge < -0.3 is 14.6 Å². The van der Waals surface area contributed by atoms with Gasteiger partial charge in [0.15, 0.2) is 0 Å². The van der Waals surface area contributed by atoms with Crippen LogP contribution in [-0.4, -0.2) is 50.1 Å². The van der Waals surface area contributed by atoms with E-state index in [0.717, 1.165) is 0 Å². The van der Waals surface area contributed by atoms with Crippen molar-refractivity contribution in [2.45, 2.75) is 6.92 Å². The van der Waals surface area contributed by atoms with E-state index < -0.39 is 7.14 Å². The summed E-state index contributed by atoms with van der Waals surface area (Å²) in [6.45, 7) is 7.38. The average molecular weight is 310 g/mol. The van der Waals surface area contributed by atoms with Crippen LogP contribution in [0.15, 0.2) is 24.3 Å². The van der Waals surface area contributed by atoms with Crippen LogP contribution in [0.5, 0.6) is 5.75 Å². The third kappa shape index (κ3) is 4.58. The van der Waals surface area contributed by atoms with Crippen LogP contribution in [0.4, 0.5) is 5.69 Å². The van der Waals surface area contributed by atoms with E-state index in [9.17, 15) is 9.36 Å². The summed E-state index contributed by atoms with van der Waals surface area (Å²) in [4.78, 5) is 14.3. The molecular formula is C15H23N2O3P. The number of amides is 1. The molecule has 21 heavy (non-hydrogen) atoms. The summed E-state index contributed by atoms with van der Waals surface area (Å²) in [6.07, 6.45) is 0.590. The number of para-hydroxylation sites is 2. The van der Waals surface area contributed by atoms with E-state index >= 15 is 0 Å². The van der Waals surface area contributed by atoms with E-state index in [1.165, 1.54) is 0 Å². The molecule has 0 atom stereocenters. The zero-order chi connectivity index (χ0) is 15.5. The maximum absolute atomic E-state index is 12.2. The summed E-state index contributed by atoms with van der Waals surface area (Å²) in [6, 6.07) is 7.43. The van der Waals surface area contributed by atoms with Gasteiger partial charge in [-0.15, -0.1) is 0 Å². The number of rotatable bonds is 6. The fourth-order valence-corrected chi connectivity index (χ4v) is 3.61. The zero-order valence-electron chi connectivity index (χ0n) is 12.8. The summed E-state index contributed by atoms with van der Waals surface area (Å²) in [7, 11) is -2.05. The summed E-state index contributed by atoms with van der Waals surface area (Å²) in [5.74, 6) is 0.655. The van der Waals surface area contributed by atoms with E-state index in [4.69, 9.17) is 4.74 Å². The molecule has 1 saturated heterocycles. The van der Waals surface area contributed by atoms with Crippen molar-refractivity contribution in [2.24, 2.45) is 5.92 Å². The lowest BCUT2D eigenvalue weighted by Gasteiger charge is -2.39. The predicted octanol–water partition coefficient (Wildman–Crippen LogP) is 2.54. The van der Waals surface area contributed by atoms with Crippen molar-refractivity contribution in [3.63, 3.8) is 0 Å². The second kappa shape index (κ2) is 6.63. The highest BCUT2D eigenvalue weighted by Crippen LogP contribution is 2.38. The molecule has 116 valence electrons. The van der Waals surface area contributed by atoms with Crippen LogP contribution < -0.4 is 10.1 Å². The van der Waals surface area contributed by atoms with Crippen molar-refractivity contribution in [3.05, 3.63) is 24.3 Å². The van der Waals surface area contributed by atoms with Crippen molar-refractivity contribution < 1.29 is 14.1 Å². The zero-order valence-corrected chi connectivity index (χ0v) is 13.7. The number of hydrogen-bond acceptors (Lipinski definition) is 4. The number of hydrogen-bond donors (Lipinski definition) is 1. The first-order chi connectivity index (χ1) is 9.89. The minimum Gasteiger partial charge on any atom is -0.492 e. The lowest BCUT2D eigenvalue weighted by atomic mass is 10.0. The smallest absolute Gasteiger partial charge is 0.230 e. The van der Waals surface area contributed by atoms with Gasteiger partial charge in [-0.25, -0.2) is 0 Å². The number of anilines is 1. The number of carbonyl (C=O) groups excluding carboxylic acids is 1. The van der Waals surface area contributed by atoms with E-state index in [1.807, 2.05) is 31.2 Å². The predicted molar refractivity (Wildman–Crippen MR) is 85.6 cm³/mol. The molecule has 0 aromatic heterocycles. The van der Waals surface area contributed by atoms with E-state index in [2.05, 4.69) is 10.2 Å². The lowest BCUT2D eigenvalue weighted by Crippen LogP contribution is -2.52. The molecule has 1 aliphatic rings. The molecule has 0 bridgehead atoms. The molecule has 1 fully saturated rings. The summed E-state index contributed by atoms with van der Waals surface area (Å²) < 4.78 is 17.2. The Bertz CT molecular complexity index is 550. The maximum Gasteiger partial charge on any atom is 0.230 e. The standard InChI is InChI=1S/C15H23N2O3P/c1-4-20-14-8-6-5-7-13(14)16-15(18)12-9-17(10-12)11-21(2,3)19/h5-8,12H,4,9-11H2,1-3H3,(H,16,18). The number of nitrogens with one attached hydrogen (secondary N) is 1. The lowest BCUT2D eigenvalue weighted by molar-refractivity contribution is -0.124. The molecule has 1 N–H and O–H groups in total. The van der Waals surface area contributed by atoms with Gasteiger partial charge in [-0.05, 0) is 32.4 Å². The van der Waals surface area contributed by atoms with Crippen LogP contribution in [-0.2, 0) is 9.36 Å². The van der Waals surface area contributed by atoms with Crippen LogP contribution >= 0.6 is 7.14 Å². The molecule has 5 nitrogen and oxygen atoms in total. The highest BCUT2D eigenvalue weighted by molar-refractivity contribution is 7.62. The monoisotopic (exact) mass is 310 g/mol. The number of ether oxygens (including phenoxy) is 1. The molecule has 0 saturated carbocycles. The molecule has 1 aliphatic heterocycles. The van der Waals surface area contributed by atoms with Crippen molar-refractivity contribution in [1.82, 2.24) is 4.90 Å². The number of carbonyl (C=O) groups is 1. The number of likely N-dealkylation sites (tertiary alicyclic amines) is 1. The normalized spacial score (nSPS) is 16.3. The summed E-state index contributed by atoms with van der Waals surface area (Å²) >= 11 is 0. The third-order valence-corrected chi connectivity index (χ3v) is 4.39. The van der Waals surface area contributed by atoms with E-state index in [-0.39, 0.29) is 11.8 Å². The molecule has 0 radical (unpaired) electrons. The molecule has 1 aromatic rings. The molecule has 1 heterocycles. The highest BCUT2D eigenvalue weighted by atomic mass is 31.2. The second-order valence-corrected chi connectivity index (χ2v) is 9.30. The first kappa shape index (κ1) is 16.1. The van der Waals surface area contributed by atoms with Crippen molar-refractivity contribution in [2.75, 3.05) is 44.6 Å². The Morgan fingerprint density at radius 1 is 1.38 bits per heavy atom. The van der Waals surface area contributed by atoms with Crippen molar-refractivity contribution in [3.8, 4) is 5.75 Å². The quantitative estimate of drug-likeness (QED) is 0.820. The van der Waals surface area contributed by atoms with Crippen molar-refractivity contribution in [1.29, 1.82) is 0 Å². The maximum atomic E-state index is 12.2. The van der Waals surface area contributed by atoms with Crippen LogP contribution in [0.2, 0.25) is 0 Å².